The summed E-state index contributed by atoms with van der Waals surface area (Å²) in [5, 5.41) is 4.95. The number of hydrogen-bond donors (Lipinski definition) is 0. The lowest BCUT2D eigenvalue weighted by Crippen LogP contribution is -1.96. The van der Waals surface area contributed by atoms with Crippen LogP contribution in [0, 0.1) is 0 Å². The zero-order valence-electron chi connectivity index (χ0n) is 19.5. The Morgan fingerprint density at radius 2 is 1.59 bits per heavy atom. The topological polar surface area (TPSA) is 35.3 Å². The highest BCUT2D eigenvalue weighted by Crippen LogP contribution is 2.41. The first-order chi connectivity index (χ1) is 15.7. The van der Waals surface area contributed by atoms with Crippen molar-refractivity contribution in [2.75, 3.05) is 0 Å². The van der Waals surface area contributed by atoms with Crippen LogP contribution in [0.3, 0.4) is 0 Å². The average Bonchev–Trinajstić information content (AvgIpc) is 3.16. The molecule has 5 rings (SSSR count). The summed E-state index contributed by atoms with van der Waals surface area (Å²) in [6, 6.07) is 13.1. The molecule has 3 heteroatoms. The Labute approximate surface area is 190 Å². The number of oxazole rings is 1. The van der Waals surface area contributed by atoms with Crippen LogP contribution in [0.15, 0.2) is 52.7 Å². The number of fused-ring (bicyclic) bond motifs is 7. The minimum absolute atomic E-state index is 0.420. The number of benzene rings is 3. The second kappa shape index (κ2) is 8.97. The largest absolute Gasteiger partial charge is 0.462 e. The van der Waals surface area contributed by atoms with E-state index in [0.717, 1.165) is 47.8 Å². The molecule has 0 amide bonds. The van der Waals surface area contributed by atoms with Gasteiger partial charge in [0.25, 0.3) is 0 Å². The number of unbranched alkanes of at least 4 members (excludes halogenated alkanes) is 5. The molecular formula is C29H33NO2. The van der Waals surface area contributed by atoms with Crippen LogP contribution in [-0.4, -0.2) is 4.98 Å². The lowest BCUT2D eigenvalue weighted by atomic mass is 9.90. The number of aryl methyl sites for hydroxylation is 1. The van der Waals surface area contributed by atoms with E-state index in [2.05, 4.69) is 56.3 Å². The fourth-order valence-corrected chi connectivity index (χ4v) is 5.10. The second-order valence-corrected chi connectivity index (χ2v) is 9.32. The van der Waals surface area contributed by atoms with Crippen molar-refractivity contribution in [3.63, 3.8) is 0 Å². The van der Waals surface area contributed by atoms with Crippen LogP contribution in [0.4, 0.5) is 0 Å². The quantitative estimate of drug-likeness (QED) is 0.218. The number of allylic oxidation sites excluding steroid dienone is 2. The molecule has 1 aromatic heterocycles. The molecule has 0 radical (unpaired) electrons. The third-order valence-electron chi connectivity index (χ3n) is 6.87. The maximum Gasteiger partial charge on any atom is 0.195 e. The summed E-state index contributed by atoms with van der Waals surface area (Å²) in [6.07, 6.45) is 11.8. The van der Waals surface area contributed by atoms with Gasteiger partial charge in [-0.2, -0.15) is 0 Å². The SMILES string of the molecule is CCCCCCCCc1nc2c(ccc3c4ccc5c(c4ccc32)C(C)CC=C(C)O5)o1. The molecule has 0 N–H and O–H groups in total. The van der Waals surface area contributed by atoms with E-state index in [0.29, 0.717) is 5.92 Å². The van der Waals surface area contributed by atoms with E-state index in [9.17, 15) is 0 Å². The summed E-state index contributed by atoms with van der Waals surface area (Å²) < 4.78 is 12.2. The van der Waals surface area contributed by atoms with Crippen molar-refractivity contribution in [2.24, 2.45) is 0 Å². The minimum atomic E-state index is 0.420. The van der Waals surface area contributed by atoms with E-state index < -0.39 is 0 Å². The van der Waals surface area contributed by atoms with Crippen molar-refractivity contribution in [3.8, 4) is 5.75 Å². The first kappa shape index (κ1) is 21.1. The second-order valence-electron chi connectivity index (χ2n) is 9.32. The minimum Gasteiger partial charge on any atom is -0.462 e. The molecule has 0 spiro atoms. The van der Waals surface area contributed by atoms with Crippen molar-refractivity contribution in [1.29, 1.82) is 0 Å². The zero-order chi connectivity index (χ0) is 22.1. The third kappa shape index (κ3) is 3.90. The zero-order valence-corrected chi connectivity index (χ0v) is 19.5. The molecule has 1 aliphatic rings. The highest BCUT2D eigenvalue weighted by Gasteiger charge is 2.20. The summed E-state index contributed by atoms with van der Waals surface area (Å²) >= 11 is 0. The molecule has 3 nitrogen and oxygen atoms in total. The van der Waals surface area contributed by atoms with Crippen LogP contribution >= 0.6 is 0 Å². The Balaban J connectivity index is 1.50. The molecule has 4 aromatic rings. The van der Waals surface area contributed by atoms with E-state index in [1.165, 1.54) is 59.2 Å². The first-order valence-corrected chi connectivity index (χ1v) is 12.3. The maximum absolute atomic E-state index is 6.12. The summed E-state index contributed by atoms with van der Waals surface area (Å²) in [7, 11) is 0. The van der Waals surface area contributed by atoms with Crippen molar-refractivity contribution < 1.29 is 9.15 Å². The number of hydrogen-bond acceptors (Lipinski definition) is 3. The molecular weight excluding hydrogens is 394 g/mol. The molecule has 1 unspecified atom stereocenters. The van der Waals surface area contributed by atoms with Crippen LogP contribution in [0.5, 0.6) is 5.75 Å². The fraction of sp³-hybridized carbons (Fsp3) is 0.414. The molecule has 0 aliphatic carbocycles. The molecule has 2 heterocycles. The number of ether oxygens (including phenoxy) is 1. The highest BCUT2D eigenvalue weighted by atomic mass is 16.5. The van der Waals surface area contributed by atoms with Crippen LogP contribution in [0.25, 0.3) is 32.6 Å². The summed E-state index contributed by atoms with van der Waals surface area (Å²) in [5.41, 5.74) is 3.19. The Morgan fingerprint density at radius 3 is 2.47 bits per heavy atom. The predicted molar refractivity (Wildman–Crippen MR) is 134 cm³/mol. The number of aromatic nitrogens is 1. The smallest absolute Gasteiger partial charge is 0.195 e. The molecule has 0 bridgehead atoms. The maximum atomic E-state index is 6.12. The normalized spacial score (nSPS) is 16.2. The fourth-order valence-electron chi connectivity index (χ4n) is 5.10. The van der Waals surface area contributed by atoms with Gasteiger partial charge < -0.3 is 9.15 Å². The standard InChI is InChI=1S/C29H33NO2/c1-4-5-6-7-8-9-10-27-30-29-24-14-13-23-21(22(24)16-18-26(29)32-27)15-17-25-28(23)19(2)11-12-20(3)31-25/h12-19H,4-11H2,1-3H3. The van der Waals surface area contributed by atoms with Gasteiger partial charge in [-0.15, -0.1) is 0 Å². The highest BCUT2D eigenvalue weighted by molar-refractivity contribution is 6.16. The van der Waals surface area contributed by atoms with Gasteiger partial charge in [0.2, 0.25) is 0 Å². The van der Waals surface area contributed by atoms with Gasteiger partial charge in [-0.05, 0) is 66.1 Å². The molecule has 0 saturated heterocycles. The Kier molecular flexibility index (Phi) is 5.91. The van der Waals surface area contributed by atoms with Gasteiger partial charge in [0.15, 0.2) is 11.5 Å². The van der Waals surface area contributed by atoms with Crippen LogP contribution < -0.4 is 4.74 Å². The molecule has 1 aliphatic heterocycles. The molecule has 32 heavy (non-hydrogen) atoms. The molecule has 0 saturated carbocycles. The Morgan fingerprint density at radius 1 is 0.875 bits per heavy atom. The van der Waals surface area contributed by atoms with Crippen molar-refractivity contribution in [1.82, 2.24) is 4.98 Å². The van der Waals surface area contributed by atoms with E-state index in [4.69, 9.17) is 14.1 Å². The van der Waals surface area contributed by atoms with E-state index in [1.807, 2.05) is 6.92 Å². The third-order valence-corrected chi connectivity index (χ3v) is 6.87. The molecule has 3 aromatic carbocycles. The number of rotatable bonds is 7. The van der Waals surface area contributed by atoms with Gasteiger partial charge in [0, 0.05) is 17.4 Å². The molecule has 1 atom stereocenters. The van der Waals surface area contributed by atoms with Gasteiger partial charge in [0.05, 0.1) is 5.76 Å². The van der Waals surface area contributed by atoms with Crippen molar-refractivity contribution >= 4 is 32.6 Å². The first-order valence-electron chi connectivity index (χ1n) is 12.3. The summed E-state index contributed by atoms with van der Waals surface area (Å²) in [6.45, 7) is 6.58. The summed E-state index contributed by atoms with van der Waals surface area (Å²) in [4.78, 5) is 4.91. The van der Waals surface area contributed by atoms with Crippen molar-refractivity contribution in [3.05, 3.63) is 59.7 Å². The average molecular weight is 428 g/mol. The van der Waals surface area contributed by atoms with E-state index >= 15 is 0 Å². The van der Waals surface area contributed by atoms with Gasteiger partial charge in [-0.1, -0.05) is 64.2 Å². The molecule has 166 valence electrons. The van der Waals surface area contributed by atoms with Gasteiger partial charge >= 0.3 is 0 Å². The van der Waals surface area contributed by atoms with Crippen molar-refractivity contribution in [2.45, 2.75) is 78.1 Å². The van der Waals surface area contributed by atoms with Crippen LogP contribution in [-0.2, 0) is 6.42 Å². The number of nitrogens with zero attached hydrogens (tertiary/aromatic N) is 1. The van der Waals surface area contributed by atoms with E-state index in [1.54, 1.807) is 0 Å². The Bertz CT molecular complexity index is 1300. The molecule has 0 fully saturated rings. The Hall–Kier alpha value is -2.81. The van der Waals surface area contributed by atoms with Gasteiger partial charge in [0.1, 0.15) is 11.3 Å². The lowest BCUT2D eigenvalue weighted by Gasteiger charge is -2.16. The summed E-state index contributed by atoms with van der Waals surface area (Å²) in [5.74, 6) is 3.26. The predicted octanol–water partition coefficient (Wildman–Crippen LogP) is 8.83. The van der Waals surface area contributed by atoms with Crippen LogP contribution in [0.2, 0.25) is 0 Å². The lowest BCUT2D eigenvalue weighted by molar-refractivity contribution is 0.427. The van der Waals surface area contributed by atoms with E-state index in [-0.39, 0.29) is 0 Å². The van der Waals surface area contributed by atoms with Gasteiger partial charge in [-0.25, -0.2) is 4.98 Å². The monoisotopic (exact) mass is 427 g/mol. The van der Waals surface area contributed by atoms with Crippen LogP contribution in [0.1, 0.15) is 83.1 Å². The van der Waals surface area contributed by atoms with Gasteiger partial charge in [-0.3, -0.25) is 0 Å².